The van der Waals surface area contributed by atoms with Crippen LogP contribution in [0.5, 0.6) is 0 Å². The molecule has 0 aromatic rings. The van der Waals surface area contributed by atoms with Gasteiger partial charge in [-0.1, -0.05) is 0 Å². The summed E-state index contributed by atoms with van der Waals surface area (Å²) in [5.41, 5.74) is 2.36. The summed E-state index contributed by atoms with van der Waals surface area (Å²) in [5, 5.41) is 7.58. The van der Waals surface area contributed by atoms with E-state index in [4.69, 9.17) is 5.14 Å². The van der Waals surface area contributed by atoms with Crippen LogP contribution in [-0.4, -0.2) is 18.1 Å². The summed E-state index contributed by atoms with van der Waals surface area (Å²) in [6, 6.07) is 0. The summed E-state index contributed by atoms with van der Waals surface area (Å²) in [6.07, 6.45) is 1.33. The van der Waals surface area contributed by atoms with Crippen molar-refractivity contribution in [2.45, 2.75) is 6.92 Å². The second-order valence-electron chi connectivity index (χ2n) is 2.18. The molecule has 0 fully saturated rings. The molecule has 0 aromatic heterocycles. The third-order valence-corrected chi connectivity index (χ3v) is 3.12. The molecule has 4 N–H and O–H groups in total. The van der Waals surface area contributed by atoms with Crippen molar-refractivity contribution in [1.29, 1.82) is 0 Å². The minimum Gasteiger partial charge on any atom is -0.319 e. The summed E-state index contributed by atoms with van der Waals surface area (Å²) in [4.78, 5) is 10.6. The van der Waals surface area contributed by atoms with Crippen LogP contribution in [0, 0.1) is 0 Å². The van der Waals surface area contributed by atoms with E-state index in [-0.39, 0.29) is 5.91 Å². The first kappa shape index (κ1) is 10.3. The second-order valence-corrected chi connectivity index (χ2v) is 4.80. The maximum absolute atomic E-state index is 10.7. The first-order chi connectivity index (χ1) is 5.89. The van der Waals surface area contributed by atoms with E-state index in [1.54, 1.807) is 0 Å². The van der Waals surface area contributed by atoms with Crippen molar-refractivity contribution in [3.8, 4) is 0 Å². The van der Waals surface area contributed by atoms with Crippen molar-refractivity contribution < 1.29 is 13.2 Å². The van der Waals surface area contributed by atoms with Gasteiger partial charge in [-0.15, -0.1) is 0 Å². The fourth-order valence-electron chi connectivity index (χ4n) is 0.611. The van der Waals surface area contributed by atoms with Crippen LogP contribution in [0.4, 0.5) is 0 Å². The molecule has 1 aliphatic rings. The molecule has 1 rings (SSSR count). The number of carbonyl (C=O) groups is 1. The molecule has 1 aliphatic heterocycles. The monoisotopic (exact) mass is 224 g/mol. The normalized spacial score (nSPS) is 17.8. The van der Waals surface area contributed by atoms with E-state index in [0.717, 1.165) is 15.8 Å². The lowest BCUT2D eigenvalue weighted by Gasteiger charge is -2.10. The molecule has 0 aliphatic carbocycles. The molecule has 1 heterocycles. The lowest BCUT2D eigenvalue weighted by atomic mass is 10.7. The number of hydrogen-bond acceptors (Lipinski definition) is 5. The third-order valence-electron chi connectivity index (χ3n) is 1.01. The van der Waals surface area contributed by atoms with Gasteiger partial charge >= 0.3 is 10.2 Å². The molecule has 0 radical (unpaired) electrons. The van der Waals surface area contributed by atoms with Crippen LogP contribution in [0.1, 0.15) is 6.92 Å². The third kappa shape index (κ3) is 2.88. The summed E-state index contributed by atoms with van der Waals surface area (Å²) >= 11 is 0.784. The van der Waals surface area contributed by atoms with Crippen LogP contribution >= 0.6 is 11.9 Å². The number of hydrogen-bond donors (Lipinski definition) is 3. The smallest absolute Gasteiger partial charge is 0.304 e. The van der Waals surface area contributed by atoms with Gasteiger partial charge in [-0.2, -0.15) is 8.42 Å². The van der Waals surface area contributed by atoms with Crippen molar-refractivity contribution in [2.75, 3.05) is 0 Å². The number of nitrogens with one attached hydrogen (secondary N) is 2. The molecule has 0 bridgehead atoms. The van der Waals surface area contributed by atoms with Crippen LogP contribution in [0.15, 0.2) is 11.2 Å². The van der Waals surface area contributed by atoms with E-state index >= 15 is 0 Å². The Hall–Kier alpha value is -0.770. The average molecular weight is 224 g/mol. The van der Waals surface area contributed by atoms with Crippen LogP contribution in [-0.2, 0) is 15.0 Å². The fourth-order valence-corrected chi connectivity index (χ4v) is 2.05. The lowest BCUT2D eigenvalue weighted by Crippen LogP contribution is -2.36. The topological polar surface area (TPSA) is 105 Å². The summed E-state index contributed by atoms with van der Waals surface area (Å²) in [7, 11) is -3.79. The molecule has 0 unspecified atom stereocenters. The molecule has 74 valence electrons. The van der Waals surface area contributed by atoms with Crippen LogP contribution in [0.2, 0.25) is 0 Å². The van der Waals surface area contributed by atoms with Crippen molar-refractivity contribution in [3.63, 3.8) is 0 Å². The summed E-state index contributed by atoms with van der Waals surface area (Å²) < 4.78 is 22.2. The van der Waals surface area contributed by atoms with Gasteiger partial charge in [0.15, 0.2) is 0 Å². The molecule has 13 heavy (non-hydrogen) atoms. The molecule has 0 spiro atoms. The van der Waals surface area contributed by atoms with Gasteiger partial charge in [0.05, 0.1) is 0 Å². The molecule has 0 aromatic carbocycles. The molecule has 0 saturated carbocycles. The Morgan fingerprint density at radius 3 is 2.77 bits per heavy atom. The molecule has 1 amide bonds. The summed E-state index contributed by atoms with van der Waals surface area (Å²) in [6.45, 7) is 1.32. The molecule has 0 saturated heterocycles. The van der Waals surface area contributed by atoms with Gasteiger partial charge in [0.2, 0.25) is 5.91 Å². The fraction of sp³-hybridized carbons (Fsp3) is 0.250. The zero-order valence-corrected chi connectivity index (χ0v) is 8.28. The maximum atomic E-state index is 10.7. The van der Waals surface area contributed by atoms with Crippen LogP contribution in [0.3, 0.4) is 0 Å². The summed E-state index contributed by atoms with van der Waals surface area (Å²) in [5.74, 6) is -0.281. The second kappa shape index (κ2) is 3.54. The average Bonchev–Trinajstić information content (AvgIpc) is 2.32. The largest absolute Gasteiger partial charge is 0.319 e. The standard InChI is InChI=1S/C4H8N4O3S2/c1-3(9)7-4-2-6-8(12-4)13(5,10)11/h2,6H,1H3,(H,7,9)(H2,5,10,11). The van der Waals surface area contributed by atoms with E-state index in [2.05, 4.69) is 10.7 Å². The van der Waals surface area contributed by atoms with Gasteiger partial charge in [0, 0.05) is 25.1 Å². The first-order valence-electron chi connectivity index (χ1n) is 3.14. The Kier molecular flexibility index (Phi) is 2.81. The minimum absolute atomic E-state index is 0.281. The molecular formula is C4H8N4O3S2. The van der Waals surface area contributed by atoms with E-state index in [1.165, 1.54) is 13.1 Å². The zero-order valence-electron chi connectivity index (χ0n) is 6.64. The number of carbonyl (C=O) groups excluding carboxylic acids is 1. The predicted octanol–water partition coefficient (Wildman–Crippen LogP) is -1.41. The van der Waals surface area contributed by atoms with Crippen LogP contribution < -0.4 is 15.9 Å². The Bertz CT molecular complexity index is 348. The van der Waals surface area contributed by atoms with Crippen molar-refractivity contribution >= 4 is 28.1 Å². The predicted molar refractivity (Wildman–Crippen MR) is 47.6 cm³/mol. The molecular weight excluding hydrogens is 216 g/mol. The highest BCUT2D eigenvalue weighted by molar-refractivity contribution is 8.10. The van der Waals surface area contributed by atoms with Gasteiger partial charge in [-0.05, 0) is 3.82 Å². The van der Waals surface area contributed by atoms with Crippen molar-refractivity contribution in [1.82, 2.24) is 14.6 Å². The highest BCUT2D eigenvalue weighted by Crippen LogP contribution is 2.23. The van der Waals surface area contributed by atoms with Gasteiger partial charge < -0.3 is 5.32 Å². The first-order valence-corrected chi connectivity index (χ1v) is 5.42. The molecule has 9 heteroatoms. The minimum atomic E-state index is -3.79. The van der Waals surface area contributed by atoms with Gasteiger partial charge in [-0.3, -0.25) is 10.2 Å². The molecule has 7 nitrogen and oxygen atoms in total. The van der Waals surface area contributed by atoms with E-state index < -0.39 is 10.2 Å². The zero-order chi connectivity index (χ0) is 10.1. The maximum Gasteiger partial charge on any atom is 0.304 e. The SMILES string of the molecule is CC(=O)NC1=CNN(S(N)(=O)=O)S1. The van der Waals surface area contributed by atoms with Crippen molar-refractivity contribution in [2.24, 2.45) is 5.14 Å². The van der Waals surface area contributed by atoms with E-state index in [0.29, 0.717) is 5.03 Å². The lowest BCUT2D eigenvalue weighted by molar-refractivity contribution is -0.118. The number of nitrogens with zero attached hydrogens (tertiary/aromatic N) is 1. The number of amides is 1. The highest BCUT2D eigenvalue weighted by atomic mass is 32.3. The van der Waals surface area contributed by atoms with Crippen molar-refractivity contribution in [3.05, 3.63) is 11.2 Å². The van der Waals surface area contributed by atoms with E-state index in [1.807, 2.05) is 0 Å². The Balaban J connectivity index is 2.57. The van der Waals surface area contributed by atoms with Gasteiger partial charge in [0.25, 0.3) is 0 Å². The number of nitrogens with two attached hydrogens (primary N) is 1. The Morgan fingerprint density at radius 2 is 2.38 bits per heavy atom. The van der Waals surface area contributed by atoms with Gasteiger partial charge in [-0.25, -0.2) is 5.14 Å². The number of hydrazine groups is 1. The van der Waals surface area contributed by atoms with Crippen LogP contribution in [0.25, 0.3) is 0 Å². The quantitative estimate of drug-likeness (QED) is 0.500. The highest BCUT2D eigenvalue weighted by Gasteiger charge is 2.24. The number of rotatable bonds is 2. The van der Waals surface area contributed by atoms with E-state index in [9.17, 15) is 13.2 Å². The van der Waals surface area contributed by atoms with Gasteiger partial charge in [0.1, 0.15) is 5.03 Å². The Morgan fingerprint density at radius 1 is 1.77 bits per heavy atom. The molecule has 0 atom stereocenters. The Labute approximate surface area is 79.6 Å².